The Morgan fingerprint density at radius 2 is 1.96 bits per heavy atom. The Morgan fingerprint density at radius 1 is 1.19 bits per heavy atom. The Kier molecular flexibility index (Phi) is 5.08. The van der Waals surface area contributed by atoms with Gasteiger partial charge >= 0.3 is 0 Å². The highest BCUT2D eigenvalue weighted by atomic mass is 35.5. The number of hydrogen-bond donors (Lipinski definition) is 1. The minimum Gasteiger partial charge on any atom is -0.336 e. The van der Waals surface area contributed by atoms with Crippen LogP contribution in [0.1, 0.15) is 17.4 Å². The molecule has 3 aromatic rings. The maximum Gasteiger partial charge on any atom is 0.244 e. The molecule has 1 aromatic heterocycles. The zero-order chi connectivity index (χ0) is 18.9. The third-order valence-electron chi connectivity index (χ3n) is 3.76. The summed E-state index contributed by atoms with van der Waals surface area (Å²) in [6, 6.07) is 7.70. The molecule has 0 saturated carbocycles. The van der Waals surface area contributed by atoms with Gasteiger partial charge in [-0.15, -0.1) is 0 Å². The summed E-state index contributed by atoms with van der Waals surface area (Å²) in [5.41, 5.74) is 0.331. The predicted octanol–water partition coefficient (Wildman–Crippen LogP) is 3.42. The molecule has 0 aliphatic carbocycles. The number of nitrogens with zero attached hydrogens (tertiary/aromatic N) is 2. The summed E-state index contributed by atoms with van der Waals surface area (Å²) in [5, 5.41) is 0.0761. The van der Waals surface area contributed by atoms with Gasteiger partial charge in [0.2, 0.25) is 10.0 Å². The lowest BCUT2D eigenvalue weighted by Crippen LogP contribution is -2.31. The molecule has 0 amide bonds. The van der Waals surface area contributed by atoms with Gasteiger partial charge in [-0.1, -0.05) is 23.7 Å². The first-order chi connectivity index (χ1) is 12.3. The summed E-state index contributed by atoms with van der Waals surface area (Å²) in [5.74, 6) is -1.19. The maximum atomic E-state index is 14.1. The van der Waals surface area contributed by atoms with Gasteiger partial charge in [-0.2, -0.15) is 4.72 Å². The van der Waals surface area contributed by atoms with Crippen LogP contribution >= 0.6 is 11.6 Å². The highest BCUT2D eigenvalue weighted by Gasteiger charge is 2.28. The van der Waals surface area contributed by atoms with Crippen LogP contribution in [-0.4, -0.2) is 18.0 Å². The van der Waals surface area contributed by atoms with Crippen LogP contribution < -0.4 is 4.72 Å². The van der Waals surface area contributed by atoms with Crippen molar-refractivity contribution in [3.63, 3.8) is 0 Å². The Balaban J connectivity index is 2.07. The largest absolute Gasteiger partial charge is 0.336 e. The molecule has 0 aliphatic heterocycles. The summed E-state index contributed by atoms with van der Waals surface area (Å²) in [4.78, 5) is 3.58. The number of benzene rings is 2. The van der Waals surface area contributed by atoms with Crippen LogP contribution in [0.25, 0.3) is 0 Å². The van der Waals surface area contributed by atoms with Crippen LogP contribution in [0.2, 0.25) is 5.02 Å². The maximum absolute atomic E-state index is 14.1. The van der Waals surface area contributed by atoms with Crippen LogP contribution in [0.5, 0.6) is 0 Å². The molecule has 5 nitrogen and oxygen atoms in total. The van der Waals surface area contributed by atoms with Crippen molar-refractivity contribution in [2.75, 3.05) is 0 Å². The second-order valence-corrected chi connectivity index (χ2v) is 7.70. The molecule has 1 N–H and O–H groups in total. The molecule has 0 aliphatic rings. The second-order valence-electron chi connectivity index (χ2n) is 5.58. The van der Waals surface area contributed by atoms with Crippen molar-refractivity contribution in [1.29, 1.82) is 0 Å². The Labute approximate surface area is 154 Å². The summed E-state index contributed by atoms with van der Waals surface area (Å²) < 4.78 is 57.2. The molecule has 9 heteroatoms. The van der Waals surface area contributed by atoms with Crippen LogP contribution in [0.3, 0.4) is 0 Å². The molecule has 0 radical (unpaired) electrons. The van der Waals surface area contributed by atoms with Gasteiger partial charge < -0.3 is 4.57 Å². The van der Waals surface area contributed by atoms with E-state index in [1.807, 2.05) is 0 Å². The van der Waals surface area contributed by atoms with Gasteiger partial charge in [0.05, 0.1) is 0 Å². The lowest BCUT2D eigenvalue weighted by molar-refractivity contribution is 0.543. The molecule has 1 atom stereocenters. The van der Waals surface area contributed by atoms with E-state index in [9.17, 15) is 17.2 Å². The fourth-order valence-corrected chi connectivity index (χ4v) is 3.92. The fourth-order valence-electron chi connectivity index (χ4n) is 2.52. The molecule has 0 saturated heterocycles. The SMILES string of the molecule is Cn1ccnc1[C@@H](NS(=O)(=O)c1ccc(Cl)cc1F)c1cccc(F)c1. The normalized spacial score (nSPS) is 12.9. The highest BCUT2D eigenvalue weighted by Crippen LogP contribution is 2.25. The van der Waals surface area contributed by atoms with Gasteiger partial charge in [0.1, 0.15) is 28.4 Å². The van der Waals surface area contributed by atoms with Gasteiger partial charge in [-0.05, 0) is 35.9 Å². The van der Waals surface area contributed by atoms with E-state index in [0.717, 1.165) is 12.1 Å². The zero-order valence-electron chi connectivity index (χ0n) is 13.5. The molecular weight excluding hydrogens is 384 g/mol. The average molecular weight is 398 g/mol. The topological polar surface area (TPSA) is 64.0 Å². The molecular formula is C17H14ClF2N3O2S. The lowest BCUT2D eigenvalue weighted by Gasteiger charge is -2.19. The summed E-state index contributed by atoms with van der Waals surface area (Å²) >= 11 is 5.68. The highest BCUT2D eigenvalue weighted by molar-refractivity contribution is 7.89. The molecule has 0 spiro atoms. The fraction of sp³-hybridized carbons (Fsp3) is 0.118. The molecule has 0 unspecified atom stereocenters. The van der Waals surface area contributed by atoms with E-state index in [1.54, 1.807) is 23.9 Å². The Bertz CT molecular complexity index is 1050. The number of hydrogen-bond acceptors (Lipinski definition) is 3. The summed E-state index contributed by atoms with van der Waals surface area (Å²) in [6.07, 6.45) is 3.11. The first-order valence-electron chi connectivity index (χ1n) is 7.48. The minimum atomic E-state index is -4.27. The third-order valence-corrected chi connectivity index (χ3v) is 5.45. The predicted molar refractivity (Wildman–Crippen MR) is 93.2 cm³/mol. The van der Waals surface area contributed by atoms with E-state index in [4.69, 9.17) is 11.6 Å². The molecule has 0 fully saturated rings. The van der Waals surface area contributed by atoms with E-state index in [2.05, 4.69) is 9.71 Å². The standard InChI is InChI=1S/C17H14ClF2N3O2S/c1-23-8-7-21-17(23)16(11-3-2-4-13(19)9-11)22-26(24,25)15-6-5-12(18)10-14(15)20/h2-10,16,22H,1H3/t16-/m0/s1. The Morgan fingerprint density at radius 3 is 2.58 bits per heavy atom. The van der Waals surface area contributed by atoms with Crippen molar-refractivity contribution >= 4 is 21.6 Å². The number of imidazole rings is 1. The van der Waals surface area contributed by atoms with Crippen LogP contribution in [0.4, 0.5) is 8.78 Å². The van der Waals surface area contributed by atoms with Gasteiger partial charge in [-0.3, -0.25) is 0 Å². The number of halogens is 3. The number of aromatic nitrogens is 2. The first kappa shape index (κ1) is 18.5. The van der Waals surface area contributed by atoms with Gasteiger partial charge in [0, 0.05) is 24.5 Å². The Hall–Kier alpha value is -2.29. The number of aryl methyl sites for hydroxylation is 1. The van der Waals surface area contributed by atoms with Crippen LogP contribution in [0.15, 0.2) is 59.8 Å². The first-order valence-corrected chi connectivity index (χ1v) is 9.34. The van der Waals surface area contributed by atoms with E-state index in [1.165, 1.54) is 30.5 Å². The van der Waals surface area contributed by atoms with E-state index < -0.39 is 32.6 Å². The van der Waals surface area contributed by atoms with E-state index in [0.29, 0.717) is 11.4 Å². The average Bonchev–Trinajstić information content (AvgIpc) is 2.98. The summed E-state index contributed by atoms with van der Waals surface area (Å²) in [7, 11) is -2.60. The van der Waals surface area contributed by atoms with Crippen LogP contribution in [-0.2, 0) is 17.1 Å². The third kappa shape index (κ3) is 3.77. The van der Waals surface area contributed by atoms with Crippen molar-refractivity contribution in [1.82, 2.24) is 14.3 Å². The lowest BCUT2D eigenvalue weighted by atomic mass is 10.1. The molecule has 0 bridgehead atoms. The molecule has 136 valence electrons. The molecule has 1 heterocycles. The van der Waals surface area contributed by atoms with E-state index in [-0.39, 0.29) is 5.02 Å². The van der Waals surface area contributed by atoms with Gasteiger partial charge in [-0.25, -0.2) is 22.2 Å². The monoisotopic (exact) mass is 397 g/mol. The number of sulfonamides is 1. The van der Waals surface area contributed by atoms with Crippen molar-refractivity contribution in [3.05, 3.63) is 82.9 Å². The van der Waals surface area contributed by atoms with Gasteiger partial charge in [0.25, 0.3) is 0 Å². The number of rotatable bonds is 5. The van der Waals surface area contributed by atoms with Crippen LogP contribution in [0, 0.1) is 11.6 Å². The van der Waals surface area contributed by atoms with Crippen molar-refractivity contribution < 1.29 is 17.2 Å². The van der Waals surface area contributed by atoms with Crippen molar-refractivity contribution in [2.45, 2.75) is 10.9 Å². The zero-order valence-corrected chi connectivity index (χ0v) is 15.1. The quantitative estimate of drug-likeness (QED) is 0.717. The molecule has 2 aromatic carbocycles. The van der Waals surface area contributed by atoms with E-state index >= 15 is 0 Å². The minimum absolute atomic E-state index is 0.0761. The molecule has 26 heavy (non-hydrogen) atoms. The van der Waals surface area contributed by atoms with Gasteiger partial charge in [0.15, 0.2) is 0 Å². The smallest absolute Gasteiger partial charge is 0.244 e. The second kappa shape index (κ2) is 7.14. The summed E-state index contributed by atoms with van der Waals surface area (Å²) in [6.45, 7) is 0. The van der Waals surface area contributed by atoms with Crippen molar-refractivity contribution in [3.8, 4) is 0 Å². The van der Waals surface area contributed by atoms with Crippen molar-refractivity contribution in [2.24, 2.45) is 7.05 Å². The number of nitrogens with one attached hydrogen (secondary N) is 1. The molecule has 3 rings (SSSR count).